The minimum Gasteiger partial charge on any atom is -0.463 e. The summed E-state index contributed by atoms with van der Waals surface area (Å²) in [6, 6.07) is 0. The van der Waals surface area contributed by atoms with E-state index in [0.717, 1.165) is 0 Å². The van der Waals surface area contributed by atoms with Crippen molar-refractivity contribution in [2.45, 2.75) is 26.1 Å². The Labute approximate surface area is 99.2 Å². The molecule has 6 nitrogen and oxygen atoms in total. The molecule has 0 radical (unpaired) electrons. The molecule has 2 heterocycles. The van der Waals surface area contributed by atoms with Crippen LogP contribution in [0.5, 0.6) is 0 Å². The number of ether oxygens (including phenoxy) is 4. The van der Waals surface area contributed by atoms with Crippen LogP contribution in [0.4, 0.5) is 0 Å². The molecule has 0 bridgehead atoms. The third kappa shape index (κ3) is 3.98. The van der Waals surface area contributed by atoms with Crippen molar-refractivity contribution in [2.24, 2.45) is 5.41 Å². The van der Waals surface area contributed by atoms with E-state index >= 15 is 0 Å². The maximum absolute atomic E-state index is 11.2. The van der Waals surface area contributed by atoms with Gasteiger partial charge in [0.2, 0.25) is 0 Å². The van der Waals surface area contributed by atoms with E-state index in [9.17, 15) is 9.59 Å². The highest BCUT2D eigenvalue weighted by Gasteiger charge is 2.36. The number of epoxide rings is 2. The van der Waals surface area contributed by atoms with Crippen LogP contribution in [0.3, 0.4) is 0 Å². The van der Waals surface area contributed by atoms with Crippen molar-refractivity contribution >= 4 is 11.9 Å². The first-order chi connectivity index (χ1) is 7.98. The van der Waals surface area contributed by atoms with Gasteiger partial charge in [-0.05, 0) is 0 Å². The topological polar surface area (TPSA) is 77.7 Å². The summed E-state index contributed by atoms with van der Waals surface area (Å²) in [7, 11) is 0. The van der Waals surface area contributed by atoms with Gasteiger partial charge in [-0.15, -0.1) is 0 Å². The number of rotatable bonds is 6. The van der Waals surface area contributed by atoms with Gasteiger partial charge in [0.25, 0.3) is 0 Å². The van der Waals surface area contributed by atoms with E-state index in [1.807, 2.05) is 13.8 Å². The van der Waals surface area contributed by atoms with Gasteiger partial charge in [0.15, 0.2) is 12.2 Å². The predicted molar refractivity (Wildman–Crippen MR) is 55.2 cm³/mol. The van der Waals surface area contributed by atoms with Crippen LogP contribution in [0.2, 0.25) is 0 Å². The quantitative estimate of drug-likeness (QED) is 0.479. The Bertz CT molecular complexity index is 286. The molecule has 2 fully saturated rings. The van der Waals surface area contributed by atoms with Crippen molar-refractivity contribution in [2.75, 3.05) is 26.4 Å². The van der Waals surface area contributed by atoms with E-state index in [2.05, 4.69) is 0 Å². The normalized spacial score (nSPS) is 26.2. The summed E-state index contributed by atoms with van der Waals surface area (Å²) in [5.74, 6) is -0.704. The van der Waals surface area contributed by atoms with Crippen LogP contribution in [0.1, 0.15) is 13.8 Å². The van der Waals surface area contributed by atoms with Gasteiger partial charge in [-0.2, -0.15) is 0 Å². The molecule has 2 saturated heterocycles. The molecular weight excluding hydrogens is 228 g/mol. The second-order valence-electron chi connectivity index (χ2n) is 5.02. The third-order valence-electron chi connectivity index (χ3n) is 2.40. The highest BCUT2D eigenvalue weighted by atomic mass is 16.6. The van der Waals surface area contributed by atoms with Crippen molar-refractivity contribution < 1.29 is 28.5 Å². The van der Waals surface area contributed by atoms with Crippen molar-refractivity contribution in [1.29, 1.82) is 0 Å². The summed E-state index contributed by atoms with van der Waals surface area (Å²) >= 11 is 0. The molecule has 0 aromatic heterocycles. The second-order valence-corrected chi connectivity index (χ2v) is 5.02. The fourth-order valence-corrected chi connectivity index (χ4v) is 1.13. The Kier molecular flexibility index (Phi) is 3.35. The van der Waals surface area contributed by atoms with Crippen LogP contribution in [-0.2, 0) is 28.5 Å². The average molecular weight is 244 g/mol. The number of carbonyl (C=O) groups excluding carboxylic acids is 2. The first kappa shape index (κ1) is 12.3. The van der Waals surface area contributed by atoms with Crippen molar-refractivity contribution in [3.63, 3.8) is 0 Å². The molecule has 0 aliphatic carbocycles. The molecule has 2 unspecified atom stereocenters. The SMILES string of the molecule is CC(C)(COC(=O)C1CO1)COC(=O)C1CO1. The molecule has 0 saturated carbocycles. The smallest absolute Gasteiger partial charge is 0.337 e. The maximum Gasteiger partial charge on any atom is 0.337 e. The lowest BCUT2D eigenvalue weighted by Gasteiger charge is -2.23. The van der Waals surface area contributed by atoms with E-state index in [1.54, 1.807) is 0 Å². The van der Waals surface area contributed by atoms with E-state index in [4.69, 9.17) is 18.9 Å². The number of carbonyl (C=O) groups is 2. The zero-order valence-electron chi connectivity index (χ0n) is 9.93. The van der Waals surface area contributed by atoms with Crippen molar-refractivity contribution in [3.8, 4) is 0 Å². The maximum atomic E-state index is 11.2. The van der Waals surface area contributed by atoms with E-state index < -0.39 is 17.6 Å². The van der Waals surface area contributed by atoms with Crippen LogP contribution in [0.25, 0.3) is 0 Å². The third-order valence-corrected chi connectivity index (χ3v) is 2.40. The van der Waals surface area contributed by atoms with Crippen LogP contribution < -0.4 is 0 Å². The zero-order valence-corrected chi connectivity index (χ0v) is 9.93. The highest BCUT2D eigenvalue weighted by molar-refractivity contribution is 5.77. The lowest BCUT2D eigenvalue weighted by Crippen LogP contribution is -2.30. The molecule has 0 amide bonds. The van der Waals surface area contributed by atoms with Gasteiger partial charge in [0.05, 0.1) is 26.4 Å². The highest BCUT2D eigenvalue weighted by Crippen LogP contribution is 2.20. The summed E-state index contributed by atoms with van der Waals surface area (Å²) in [6.45, 7) is 4.99. The minimum absolute atomic E-state index is 0.199. The minimum atomic E-state index is -0.408. The Morgan fingerprint density at radius 1 is 1.06 bits per heavy atom. The first-order valence-corrected chi connectivity index (χ1v) is 5.54. The molecule has 2 aliphatic heterocycles. The fourth-order valence-electron chi connectivity index (χ4n) is 1.13. The summed E-state index contributed by atoms with van der Waals surface area (Å²) in [5.41, 5.74) is -0.408. The average Bonchev–Trinajstić information content (AvgIpc) is 3.14. The molecule has 6 heteroatoms. The Morgan fingerprint density at radius 2 is 1.41 bits per heavy atom. The summed E-state index contributed by atoms with van der Waals surface area (Å²) in [5, 5.41) is 0. The summed E-state index contributed by atoms with van der Waals surface area (Å²) < 4.78 is 19.7. The summed E-state index contributed by atoms with van der Waals surface area (Å²) in [4.78, 5) is 22.5. The molecule has 0 N–H and O–H groups in total. The Balaban J connectivity index is 1.65. The van der Waals surface area contributed by atoms with Gasteiger partial charge in [-0.3, -0.25) is 0 Å². The van der Waals surface area contributed by atoms with Crippen LogP contribution in [0, 0.1) is 5.41 Å². The predicted octanol–water partition coefficient (Wildman–Crippen LogP) is -0.103. The van der Waals surface area contributed by atoms with E-state index in [-0.39, 0.29) is 25.2 Å². The van der Waals surface area contributed by atoms with E-state index in [1.165, 1.54) is 0 Å². The molecule has 2 aliphatic rings. The Hall–Kier alpha value is -1.14. The van der Waals surface area contributed by atoms with Gasteiger partial charge in [0, 0.05) is 5.41 Å². The standard InChI is InChI=1S/C11H16O6/c1-11(2,5-16-9(12)7-3-14-7)6-17-10(13)8-4-15-8/h7-8H,3-6H2,1-2H3. The lowest BCUT2D eigenvalue weighted by molar-refractivity contribution is -0.154. The molecule has 96 valence electrons. The molecular formula is C11H16O6. The second kappa shape index (κ2) is 4.62. The lowest BCUT2D eigenvalue weighted by atomic mass is 9.96. The first-order valence-electron chi connectivity index (χ1n) is 5.54. The van der Waals surface area contributed by atoms with Crippen molar-refractivity contribution in [1.82, 2.24) is 0 Å². The zero-order chi connectivity index (χ0) is 12.5. The largest absolute Gasteiger partial charge is 0.463 e. The molecule has 0 aromatic rings. The molecule has 17 heavy (non-hydrogen) atoms. The molecule has 0 aromatic carbocycles. The number of hydrogen-bond donors (Lipinski definition) is 0. The van der Waals surface area contributed by atoms with Crippen molar-refractivity contribution in [3.05, 3.63) is 0 Å². The van der Waals surface area contributed by atoms with Crippen LogP contribution in [0.15, 0.2) is 0 Å². The molecule has 2 atom stereocenters. The monoisotopic (exact) mass is 244 g/mol. The molecule has 0 spiro atoms. The molecule has 2 rings (SSSR count). The number of esters is 2. The summed E-state index contributed by atoms with van der Waals surface area (Å²) in [6.07, 6.45) is -0.790. The van der Waals surface area contributed by atoms with Crippen LogP contribution >= 0.6 is 0 Å². The fraction of sp³-hybridized carbons (Fsp3) is 0.818. The van der Waals surface area contributed by atoms with Crippen LogP contribution in [-0.4, -0.2) is 50.6 Å². The van der Waals surface area contributed by atoms with E-state index in [0.29, 0.717) is 13.2 Å². The van der Waals surface area contributed by atoms with Gasteiger partial charge >= 0.3 is 11.9 Å². The van der Waals surface area contributed by atoms with Gasteiger partial charge < -0.3 is 18.9 Å². The van der Waals surface area contributed by atoms with Gasteiger partial charge in [0.1, 0.15) is 0 Å². The number of hydrogen-bond acceptors (Lipinski definition) is 6. The van der Waals surface area contributed by atoms with Gasteiger partial charge in [-0.1, -0.05) is 13.8 Å². The van der Waals surface area contributed by atoms with Gasteiger partial charge in [-0.25, -0.2) is 9.59 Å². The Morgan fingerprint density at radius 3 is 1.71 bits per heavy atom.